The van der Waals surface area contributed by atoms with Gasteiger partial charge in [-0.1, -0.05) is 37.0 Å². The maximum absolute atomic E-state index is 12.2. The molecule has 2 aromatic rings. The minimum atomic E-state index is -0.344. The van der Waals surface area contributed by atoms with Crippen LogP contribution >= 0.6 is 23.2 Å². The fourth-order valence-electron chi connectivity index (χ4n) is 1.77. The second kappa shape index (κ2) is 6.37. The second-order valence-corrected chi connectivity index (χ2v) is 5.60. The molecule has 0 aliphatic carbocycles. The number of hydrogen-bond donors (Lipinski definition) is 2. The number of rotatable bonds is 4. The lowest BCUT2D eigenvalue weighted by Crippen LogP contribution is -2.12. The molecule has 0 fully saturated rings. The number of carbonyl (C=O) groups excluding carboxylic acids is 1. The standard InChI is InChI=1S/C14H15Cl2N3O2/c1-7(2)11-6-12(19-18-11)17-14(20)8-4-9(15)13(21-3)10(16)5-8/h4-7H,1-3H3,(H2,17,18,19,20). The van der Waals surface area contributed by atoms with E-state index in [9.17, 15) is 4.79 Å². The summed E-state index contributed by atoms with van der Waals surface area (Å²) in [5.74, 6) is 0.750. The van der Waals surface area contributed by atoms with Crippen molar-refractivity contribution in [2.45, 2.75) is 19.8 Å². The summed E-state index contributed by atoms with van der Waals surface area (Å²) in [5.41, 5.74) is 1.27. The fourth-order valence-corrected chi connectivity index (χ4v) is 2.41. The van der Waals surface area contributed by atoms with Crippen LogP contribution in [0.3, 0.4) is 0 Å². The summed E-state index contributed by atoms with van der Waals surface area (Å²) in [6.45, 7) is 4.06. The van der Waals surface area contributed by atoms with E-state index in [1.165, 1.54) is 19.2 Å². The summed E-state index contributed by atoms with van der Waals surface area (Å²) in [7, 11) is 1.46. The molecule has 112 valence electrons. The quantitative estimate of drug-likeness (QED) is 0.888. The van der Waals surface area contributed by atoms with Gasteiger partial charge in [0.1, 0.15) is 0 Å². The van der Waals surface area contributed by atoms with E-state index in [0.29, 0.717) is 23.0 Å². The predicted molar refractivity (Wildman–Crippen MR) is 83.6 cm³/mol. The lowest BCUT2D eigenvalue weighted by Gasteiger charge is -2.08. The highest BCUT2D eigenvalue weighted by molar-refractivity contribution is 6.37. The van der Waals surface area contributed by atoms with E-state index in [4.69, 9.17) is 27.9 Å². The molecular weight excluding hydrogens is 313 g/mol. The third kappa shape index (κ3) is 3.49. The van der Waals surface area contributed by atoms with Gasteiger partial charge in [0.05, 0.1) is 17.2 Å². The van der Waals surface area contributed by atoms with E-state index in [1.54, 1.807) is 6.07 Å². The van der Waals surface area contributed by atoms with Crippen molar-refractivity contribution in [1.29, 1.82) is 0 Å². The first-order valence-corrected chi connectivity index (χ1v) is 7.07. The fraction of sp³-hybridized carbons (Fsp3) is 0.286. The number of nitrogens with zero attached hydrogens (tertiary/aromatic N) is 1. The van der Waals surface area contributed by atoms with Crippen molar-refractivity contribution in [1.82, 2.24) is 10.2 Å². The minimum Gasteiger partial charge on any atom is -0.494 e. The molecular formula is C14H15Cl2N3O2. The molecule has 2 rings (SSSR count). The Bertz CT molecular complexity index is 645. The van der Waals surface area contributed by atoms with Crippen LogP contribution in [0.2, 0.25) is 10.0 Å². The molecule has 1 aromatic heterocycles. The number of ether oxygens (including phenoxy) is 1. The number of H-pyrrole nitrogens is 1. The van der Waals surface area contributed by atoms with Crippen molar-refractivity contribution >= 4 is 34.9 Å². The van der Waals surface area contributed by atoms with Crippen molar-refractivity contribution in [3.63, 3.8) is 0 Å². The van der Waals surface area contributed by atoms with E-state index in [2.05, 4.69) is 15.5 Å². The maximum atomic E-state index is 12.2. The summed E-state index contributed by atoms with van der Waals surface area (Å²) >= 11 is 12.0. The van der Waals surface area contributed by atoms with Gasteiger partial charge in [-0.3, -0.25) is 9.89 Å². The highest BCUT2D eigenvalue weighted by atomic mass is 35.5. The zero-order chi connectivity index (χ0) is 15.6. The lowest BCUT2D eigenvalue weighted by molar-refractivity contribution is 0.102. The lowest BCUT2D eigenvalue weighted by atomic mass is 10.1. The van der Waals surface area contributed by atoms with Crippen LogP contribution in [0, 0.1) is 0 Å². The van der Waals surface area contributed by atoms with Gasteiger partial charge in [-0.05, 0) is 18.1 Å². The van der Waals surface area contributed by atoms with Gasteiger partial charge < -0.3 is 10.1 Å². The van der Waals surface area contributed by atoms with Crippen LogP contribution in [0.1, 0.15) is 35.8 Å². The van der Waals surface area contributed by atoms with Crippen molar-refractivity contribution in [2.24, 2.45) is 0 Å². The normalized spacial score (nSPS) is 10.8. The molecule has 0 saturated heterocycles. The van der Waals surface area contributed by atoms with Crippen LogP contribution in [0.5, 0.6) is 5.75 Å². The molecule has 7 heteroatoms. The van der Waals surface area contributed by atoms with Gasteiger partial charge in [0.25, 0.3) is 5.91 Å². The van der Waals surface area contributed by atoms with E-state index in [-0.39, 0.29) is 16.0 Å². The van der Waals surface area contributed by atoms with Crippen LogP contribution in [-0.4, -0.2) is 23.2 Å². The van der Waals surface area contributed by atoms with Gasteiger partial charge in [0.15, 0.2) is 11.6 Å². The van der Waals surface area contributed by atoms with Gasteiger partial charge in [-0.15, -0.1) is 0 Å². The van der Waals surface area contributed by atoms with E-state index < -0.39 is 0 Å². The van der Waals surface area contributed by atoms with Crippen LogP contribution in [0.15, 0.2) is 18.2 Å². The highest BCUT2D eigenvalue weighted by Gasteiger charge is 2.15. The number of aromatic nitrogens is 2. The first kappa shape index (κ1) is 15.7. The first-order chi connectivity index (χ1) is 9.92. The Kier molecular flexibility index (Phi) is 4.75. The number of aromatic amines is 1. The van der Waals surface area contributed by atoms with Crippen molar-refractivity contribution in [3.05, 3.63) is 39.5 Å². The Morgan fingerprint density at radius 3 is 2.38 bits per heavy atom. The SMILES string of the molecule is COc1c(Cl)cc(C(=O)Nc2cc(C(C)C)[nH]n2)cc1Cl. The van der Waals surface area contributed by atoms with E-state index in [0.717, 1.165) is 5.69 Å². The summed E-state index contributed by atoms with van der Waals surface area (Å²) in [5, 5.41) is 10.1. The van der Waals surface area contributed by atoms with Gasteiger partial charge in [0, 0.05) is 17.3 Å². The minimum absolute atomic E-state index is 0.278. The number of hydrogen-bond acceptors (Lipinski definition) is 3. The Labute approximate surface area is 132 Å². The van der Waals surface area contributed by atoms with Gasteiger partial charge >= 0.3 is 0 Å². The molecule has 0 aliphatic rings. The number of methoxy groups -OCH3 is 1. The molecule has 5 nitrogen and oxygen atoms in total. The van der Waals surface area contributed by atoms with Crippen LogP contribution in [0.4, 0.5) is 5.82 Å². The molecule has 1 heterocycles. The third-order valence-corrected chi connectivity index (χ3v) is 3.49. The Morgan fingerprint density at radius 1 is 1.29 bits per heavy atom. The summed E-state index contributed by atoms with van der Waals surface area (Å²) in [6.07, 6.45) is 0. The van der Waals surface area contributed by atoms with Crippen LogP contribution in [-0.2, 0) is 0 Å². The smallest absolute Gasteiger partial charge is 0.256 e. The zero-order valence-corrected chi connectivity index (χ0v) is 13.3. The number of carbonyl (C=O) groups is 1. The van der Waals surface area contributed by atoms with E-state index in [1.807, 2.05) is 13.8 Å². The summed E-state index contributed by atoms with van der Waals surface area (Å²) < 4.78 is 5.05. The van der Waals surface area contributed by atoms with Crippen LogP contribution < -0.4 is 10.1 Å². The molecule has 0 saturated carbocycles. The number of benzene rings is 1. The Morgan fingerprint density at radius 2 is 1.90 bits per heavy atom. The zero-order valence-electron chi connectivity index (χ0n) is 11.8. The summed E-state index contributed by atoms with van der Waals surface area (Å²) in [4.78, 5) is 12.2. The molecule has 0 unspecified atom stereocenters. The first-order valence-electron chi connectivity index (χ1n) is 6.32. The average molecular weight is 328 g/mol. The Hall–Kier alpha value is -1.72. The molecule has 1 amide bonds. The van der Waals surface area contributed by atoms with Crippen molar-refractivity contribution < 1.29 is 9.53 Å². The van der Waals surface area contributed by atoms with Gasteiger partial charge in [-0.2, -0.15) is 5.10 Å². The van der Waals surface area contributed by atoms with Crippen LogP contribution in [0.25, 0.3) is 0 Å². The Balaban J connectivity index is 2.20. The number of halogens is 2. The molecule has 0 radical (unpaired) electrons. The van der Waals surface area contributed by atoms with Gasteiger partial charge in [-0.25, -0.2) is 0 Å². The molecule has 0 spiro atoms. The topological polar surface area (TPSA) is 67.0 Å². The third-order valence-electron chi connectivity index (χ3n) is 2.93. The summed E-state index contributed by atoms with van der Waals surface area (Å²) in [6, 6.07) is 4.78. The molecule has 2 N–H and O–H groups in total. The number of amides is 1. The van der Waals surface area contributed by atoms with Crippen molar-refractivity contribution in [3.8, 4) is 5.75 Å². The monoisotopic (exact) mass is 327 g/mol. The number of nitrogens with one attached hydrogen (secondary N) is 2. The average Bonchev–Trinajstić information content (AvgIpc) is 2.87. The predicted octanol–water partition coefficient (Wildman–Crippen LogP) is 4.10. The van der Waals surface area contributed by atoms with Crippen molar-refractivity contribution in [2.75, 3.05) is 12.4 Å². The molecule has 0 bridgehead atoms. The van der Waals surface area contributed by atoms with E-state index >= 15 is 0 Å². The van der Waals surface area contributed by atoms with Gasteiger partial charge in [0.2, 0.25) is 0 Å². The molecule has 21 heavy (non-hydrogen) atoms. The number of anilines is 1. The largest absolute Gasteiger partial charge is 0.494 e. The second-order valence-electron chi connectivity index (χ2n) is 4.79. The molecule has 0 aliphatic heterocycles. The highest BCUT2D eigenvalue weighted by Crippen LogP contribution is 2.34. The molecule has 0 atom stereocenters. The molecule has 1 aromatic carbocycles. The maximum Gasteiger partial charge on any atom is 0.256 e.